The van der Waals surface area contributed by atoms with Gasteiger partial charge in [0.1, 0.15) is 5.75 Å². The summed E-state index contributed by atoms with van der Waals surface area (Å²) >= 11 is 0. The Hall–Kier alpha value is -1.16. The van der Waals surface area contributed by atoms with E-state index in [2.05, 4.69) is 0 Å². The summed E-state index contributed by atoms with van der Waals surface area (Å²) in [5.74, 6) is 0.706. The number of fused-ring (bicyclic) bond motifs is 1. The molecule has 4 heteroatoms. The molecule has 0 atom stereocenters. The van der Waals surface area contributed by atoms with Crippen molar-refractivity contribution in [2.75, 3.05) is 5.73 Å². The van der Waals surface area contributed by atoms with Crippen LogP contribution in [0.1, 0.15) is 5.56 Å². The molecule has 0 unspecified atom stereocenters. The number of rotatable bonds is 0. The van der Waals surface area contributed by atoms with E-state index in [4.69, 9.17) is 15.4 Å². The van der Waals surface area contributed by atoms with Gasteiger partial charge in [-0.15, -0.1) is 0 Å². The van der Waals surface area contributed by atoms with Crippen molar-refractivity contribution in [1.82, 2.24) is 0 Å². The quantitative estimate of drug-likeness (QED) is 0.409. The molecule has 1 heterocycles. The second-order valence-corrected chi connectivity index (χ2v) is 2.64. The molecule has 0 saturated carbocycles. The zero-order valence-corrected chi connectivity index (χ0v) is 5.95. The van der Waals surface area contributed by atoms with Gasteiger partial charge in [-0.3, -0.25) is 0 Å². The van der Waals surface area contributed by atoms with Crippen LogP contribution in [0.2, 0.25) is 0 Å². The maximum absolute atomic E-state index is 9.08. The predicted octanol–water partition coefficient (Wildman–Crippen LogP) is 0.223. The fraction of sp³-hybridized carbons (Fsp3) is 0.143. The van der Waals surface area contributed by atoms with Crippen molar-refractivity contribution >= 4 is 12.8 Å². The van der Waals surface area contributed by atoms with Gasteiger partial charge < -0.3 is 15.4 Å². The van der Waals surface area contributed by atoms with Gasteiger partial charge in [-0.25, -0.2) is 0 Å². The standard InChI is InChI=1S/C7H8BNO2/c9-6-2-1-5-4-8(10)11-7(5)3-6/h1-3,10H,4,9H2. The highest BCUT2D eigenvalue weighted by atomic mass is 16.5. The van der Waals surface area contributed by atoms with Gasteiger partial charge in [0.25, 0.3) is 0 Å². The minimum absolute atomic E-state index is 0.565. The van der Waals surface area contributed by atoms with E-state index in [0.717, 1.165) is 5.56 Å². The van der Waals surface area contributed by atoms with E-state index in [1.54, 1.807) is 12.1 Å². The molecule has 0 saturated heterocycles. The average Bonchev–Trinajstić information content (AvgIpc) is 2.27. The third-order valence-corrected chi connectivity index (χ3v) is 1.75. The SMILES string of the molecule is Nc1ccc2c(c1)OB(O)C2. The minimum Gasteiger partial charge on any atom is -0.536 e. The number of benzene rings is 1. The van der Waals surface area contributed by atoms with E-state index in [9.17, 15) is 0 Å². The summed E-state index contributed by atoms with van der Waals surface area (Å²) in [6.07, 6.45) is 0.565. The van der Waals surface area contributed by atoms with Crippen LogP contribution in [0.5, 0.6) is 5.75 Å². The van der Waals surface area contributed by atoms with Crippen LogP contribution in [0.25, 0.3) is 0 Å². The van der Waals surface area contributed by atoms with Gasteiger partial charge in [-0.1, -0.05) is 6.07 Å². The Labute approximate surface area is 64.9 Å². The Balaban J connectivity index is 2.43. The van der Waals surface area contributed by atoms with E-state index >= 15 is 0 Å². The highest BCUT2D eigenvalue weighted by Crippen LogP contribution is 2.27. The van der Waals surface area contributed by atoms with E-state index in [1.165, 1.54) is 0 Å². The molecule has 0 fully saturated rings. The second kappa shape index (κ2) is 2.17. The Bertz CT molecular complexity index is 290. The smallest absolute Gasteiger partial charge is 0.527 e. The fourth-order valence-corrected chi connectivity index (χ4v) is 1.23. The molecular weight excluding hydrogens is 141 g/mol. The van der Waals surface area contributed by atoms with Crippen molar-refractivity contribution in [1.29, 1.82) is 0 Å². The van der Waals surface area contributed by atoms with Gasteiger partial charge in [0, 0.05) is 18.1 Å². The normalized spacial score (nSPS) is 14.5. The molecular formula is C7H8BNO2. The lowest BCUT2D eigenvalue weighted by atomic mass is 9.85. The van der Waals surface area contributed by atoms with Crippen LogP contribution in [0.3, 0.4) is 0 Å². The molecule has 0 bridgehead atoms. The number of nitrogen functional groups attached to an aromatic ring is 1. The Morgan fingerprint density at radius 3 is 3.18 bits per heavy atom. The van der Waals surface area contributed by atoms with Crippen molar-refractivity contribution in [2.24, 2.45) is 0 Å². The first kappa shape index (κ1) is 6.55. The number of hydrogen-bond acceptors (Lipinski definition) is 3. The van der Waals surface area contributed by atoms with Crippen molar-refractivity contribution in [3.05, 3.63) is 23.8 Å². The molecule has 3 N–H and O–H groups in total. The monoisotopic (exact) mass is 149 g/mol. The van der Waals surface area contributed by atoms with Crippen LogP contribution in [-0.2, 0) is 6.32 Å². The average molecular weight is 149 g/mol. The van der Waals surface area contributed by atoms with E-state index in [-0.39, 0.29) is 0 Å². The van der Waals surface area contributed by atoms with E-state index < -0.39 is 7.12 Å². The highest BCUT2D eigenvalue weighted by molar-refractivity contribution is 6.44. The zero-order chi connectivity index (χ0) is 7.84. The summed E-state index contributed by atoms with van der Waals surface area (Å²) in [4.78, 5) is 0. The predicted molar refractivity (Wildman–Crippen MR) is 43.2 cm³/mol. The molecule has 1 aliphatic heterocycles. The molecule has 0 spiro atoms. The van der Waals surface area contributed by atoms with Crippen molar-refractivity contribution in [3.63, 3.8) is 0 Å². The van der Waals surface area contributed by atoms with Crippen LogP contribution < -0.4 is 10.4 Å². The summed E-state index contributed by atoms with van der Waals surface area (Å²) in [6, 6.07) is 5.41. The third-order valence-electron chi connectivity index (χ3n) is 1.75. The lowest BCUT2D eigenvalue weighted by molar-refractivity contribution is 0.432. The van der Waals surface area contributed by atoms with Gasteiger partial charge in [-0.05, 0) is 11.6 Å². The maximum atomic E-state index is 9.08. The first-order chi connectivity index (χ1) is 5.25. The summed E-state index contributed by atoms with van der Waals surface area (Å²) in [5, 5.41) is 9.08. The molecule has 56 valence electrons. The number of anilines is 1. The molecule has 1 aliphatic rings. The van der Waals surface area contributed by atoms with Crippen molar-refractivity contribution in [3.8, 4) is 5.75 Å². The zero-order valence-electron chi connectivity index (χ0n) is 5.95. The molecule has 3 nitrogen and oxygen atoms in total. The minimum atomic E-state index is -0.688. The third kappa shape index (κ3) is 1.05. The summed E-state index contributed by atoms with van der Waals surface area (Å²) in [7, 11) is -0.688. The topological polar surface area (TPSA) is 55.5 Å². The van der Waals surface area contributed by atoms with Crippen LogP contribution in [0.15, 0.2) is 18.2 Å². The van der Waals surface area contributed by atoms with E-state index in [0.29, 0.717) is 17.8 Å². The fourth-order valence-electron chi connectivity index (χ4n) is 1.23. The van der Waals surface area contributed by atoms with Crippen LogP contribution in [0.4, 0.5) is 5.69 Å². The van der Waals surface area contributed by atoms with Gasteiger partial charge in [0.2, 0.25) is 0 Å². The summed E-state index contributed by atoms with van der Waals surface area (Å²) < 4.78 is 5.06. The largest absolute Gasteiger partial charge is 0.536 e. The van der Waals surface area contributed by atoms with Crippen molar-refractivity contribution < 1.29 is 9.68 Å². The molecule has 0 aromatic heterocycles. The number of nitrogens with two attached hydrogens (primary N) is 1. The van der Waals surface area contributed by atoms with Gasteiger partial charge in [0.15, 0.2) is 0 Å². The molecule has 1 aromatic rings. The molecule has 0 aliphatic carbocycles. The first-order valence-electron chi connectivity index (χ1n) is 3.49. The lowest BCUT2D eigenvalue weighted by Gasteiger charge is -2.00. The molecule has 2 rings (SSSR count). The van der Waals surface area contributed by atoms with Crippen LogP contribution in [-0.4, -0.2) is 12.1 Å². The first-order valence-corrected chi connectivity index (χ1v) is 3.49. The van der Waals surface area contributed by atoms with Crippen molar-refractivity contribution in [2.45, 2.75) is 6.32 Å². The Kier molecular flexibility index (Phi) is 1.29. The summed E-state index contributed by atoms with van der Waals surface area (Å²) in [6.45, 7) is 0. The van der Waals surface area contributed by atoms with Gasteiger partial charge in [-0.2, -0.15) is 0 Å². The highest BCUT2D eigenvalue weighted by Gasteiger charge is 2.26. The molecule has 11 heavy (non-hydrogen) atoms. The van der Waals surface area contributed by atoms with Crippen LogP contribution >= 0.6 is 0 Å². The molecule has 0 radical (unpaired) electrons. The summed E-state index contributed by atoms with van der Waals surface area (Å²) in [5.41, 5.74) is 7.20. The maximum Gasteiger partial charge on any atom is 0.527 e. The van der Waals surface area contributed by atoms with Gasteiger partial charge in [0.05, 0.1) is 0 Å². The molecule has 1 aromatic carbocycles. The Morgan fingerprint density at radius 2 is 2.36 bits per heavy atom. The molecule has 0 amide bonds. The Morgan fingerprint density at radius 1 is 1.55 bits per heavy atom. The van der Waals surface area contributed by atoms with E-state index in [1.807, 2.05) is 6.07 Å². The second-order valence-electron chi connectivity index (χ2n) is 2.64. The number of hydrogen-bond donors (Lipinski definition) is 2. The lowest BCUT2D eigenvalue weighted by Crippen LogP contribution is -2.17. The van der Waals surface area contributed by atoms with Gasteiger partial charge >= 0.3 is 7.12 Å². The van der Waals surface area contributed by atoms with Crippen LogP contribution in [0, 0.1) is 0 Å².